The van der Waals surface area contributed by atoms with E-state index in [0.717, 1.165) is 5.52 Å². The standard InChI is InChI=1S/C8H5N3O2/c12-5-1-2-6-7(3-5)13-8-10-9-4-11(6)8/h1-4,12H. The molecule has 0 aliphatic rings. The zero-order valence-electron chi connectivity index (χ0n) is 6.51. The Bertz CT molecular complexity index is 581. The monoisotopic (exact) mass is 175 g/mol. The smallest absolute Gasteiger partial charge is 0.327 e. The highest BCUT2D eigenvalue weighted by Crippen LogP contribution is 2.22. The average Bonchev–Trinajstić information content (AvgIpc) is 2.62. The van der Waals surface area contributed by atoms with Gasteiger partial charge < -0.3 is 9.52 Å². The Morgan fingerprint density at radius 3 is 3.23 bits per heavy atom. The first-order valence-electron chi connectivity index (χ1n) is 3.76. The van der Waals surface area contributed by atoms with Gasteiger partial charge in [-0.3, -0.25) is 0 Å². The van der Waals surface area contributed by atoms with Crippen LogP contribution < -0.4 is 0 Å². The van der Waals surface area contributed by atoms with Crippen molar-refractivity contribution in [2.75, 3.05) is 0 Å². The van der Waals surface area contributed by atoms with E-state index in [1.165, 1.54) is 0 Å². The summed E-state index contributed by atoms with van der Waals surface area (Å²) in [5.74, 6) is 0.609. The van der Waals surface area contributed by atoms with Crippen LogP contribution in [0.1, 0.15) is 0 Å². The molecule has 2 aromatic heterocycles. The third kappa shape index (κ3) is 0.752. The van der Waals surface area contributed by atoms with Crippen LogP contribution in [0.5, 0.6) is 5.75 Å². The maximum absolute atomic E-state index is 9.19. The van der Waals surface area contributed by atoms with Crippen LogP contribution in [0.4, 0.5) is 0 Å². The van der Waals surface area contributed by atoms with Gasteiger partial charge in [0.05, 0.1) is 5.52 Å². The largest absolute Gasteiger partial charge is 0.508 e. The van der Waals surface area contributed by atoms with Crippen LogP contribution in [0, 0.1) is 0 Å². The van der Waals surface area contributed by atoms with Gasteiger partial charge >= 0.3 is 5.84 Å². The summed E-state index contributed by atoms with van der Waals surface area (Å²) in [5, 5.41) is 16.6. The molecule has 64 valence electrons. The summed E-state index contributed by atoms with van der Waals surface area (Å²) in [4.78, 5) is 0. The van der Waals surface area contributed by atoms with Crippen molar-refractivity contribution in [3.8, 4) is 5.75 Å². The van der Waals surface area contributed by atoms with Gasteiger partial charge in [-0.05, 0) is 12.1 Å². The molecule has 0 spiro atoms. The molecule has 2 heterocycles. The number of aromatic nitrogens is 3. The predicted octanol–water partition coefficient (Wildman–Crippen LogP) is 1.18. The van der Waals surface area contributed by atoms with Gasteiger partial charge in [-0.15, -0.1) is 5.10 Å². The number of fused-ring (bicyclic) bond motifs is 3. The first-order chi connectivity index (χ1) is 6.34. The Balaban J connectivity index is 2.59. The SMILES string of the molecule is Oc1ccc2c(c1)oc1nncn12. The Morgan fingerprint density at radius 1 is 1.38 bits per heavy atom. The number of phenols is 1. The molecule has 13 heavy (non-hydrogen) atoms. The highest BCUT2D eigenvalue weighted by Gasteiger charge is 2.07. The lowest BCUT2D eigenvalue weighted by Crippen LogP contribution is -1.75. The van der Waals surface area contributed by atoms with Gasteiger partial charge in [-0.25, -0.2) is 4.40 Å². The van der Waals surface area contributed by atoms with Gasteiger partial charge in [0.25, 0.3) is 0 Å². The fourth-order valence-electron chi connectivity index (χ4n) is 1.34. The molecular formula is C8H5N3O2. The van der Waals surface area contributed by atoms with E-state index in [0.29, 0.717) is 11.4 Å². The fraction of sp³-hybridized carbons (Fsp3) is 0. The summed E-state index contributed by atoms with van der Waals surface area (Å²) in [5.41, 5.74) is 1.45. The Labute approximate surface area is 72.2 Å². The van der Waals surface area contributed by atoms with Crippen LogP contribution >= 0.6 is 0 Å². The molecule has 0 fully saturated rings. The molecule has 0 radical (unpaired) electrons. The summed E-state index contributed by atoms with van der Waals surface area (Å²) >= 11 is 0. The summed E-state index contributed by atoms with van der Waals surface area (Å²) in [7, 11) is 0. The Hall–Kier alpha value is -2.04. The van der Waals surface area contributed by atoms with Crippen molar-refractivity contribution in [1.82, 2.24) is 14.6 Å². The first kappa shape index (κ1) is 6.47. The van der Waals surface area contributed by atoms with E-state index in [9.17, 15) is 5.11 Å². The van der Waals surface area contributed by atoms with Crippen molar-refractivity contribution in [3.05, 3.63) is 24.5 Å². The van der Waals surface area contributed by atoms with Crippen molar-refractivity contribution in [1.29, 1.82) is 0 Å². The summed E-state index contributed by atoms with van der Waals surface area (Å²) in [6, 6.07) is 4.89. The number of oxazole rings is 1. The molecule has 3 rings (SSSR count). The second-order valence-electron chi connectivity index (χ2n) is 2.74. The lowest BCUT2D eigenvalue weighted by atomic mass is 10.3. The molecule has 0 amide bonds. The molecule has 0 aliphatic heterocycles. The van der Waals surface area contributed by atoms with Crippen LogP contribution in [0.2, 0.25) is 0 Å². The fourth-order valence-corrected chi connectivity index (χ4v) is 1.34. The van der Waals surface area contributed by atoms with Crippen molar-refractivity contribution < 1.29 is 9.52 Å². The van der Waals surface area contributed by atoms with Crippen LogP contribution in [0.15, 0.2) is 28.9 Å². The molecule has 0 saturated heterocycles. The lowest BCUT2D eigenvalue weighted by Gasteiger charge is -1.89. The number of phenolic OH excluding ortho intramolecular Hbond substituents is 1. The number of hydrogen-bond acceptors (Lipinski definition) is 4. The minimum atomic E-state index is 0.178. The molecule has 0 atom stereocenters. The first-order valence-corrected chi connectivity index (χ1v) is 3.76. The average molecular weight is 175 g/mol. The van der Waals surface area contributed by atoms with Crippen LogP contribution in [0.3, 0.4) is 0 Å². The van der Waals surface area contributed by atoms with Gasteiger partial charge in [0.1, 0.15) is 12.1 Å². The number of nitrogens with zero attached hydrogens (tertiary/aromatic N) is 3. The molecule has 1 aromatic carbocycles. The van der Waals surface area contributed by atoms with Crippen molar-refractivity contribution >= 4 is 16.9 Å². The minimum absolute atomic E-state index is 0.178. The third-order valence-electron chi connectivity index (χ3n) is 1.92. The molecule has 0 saturated carbocycles. The second-order valence-corrected chi connectivity index (χ2v) is 2.74. The van der Waals surface area contributed by atoms with E-state index in [1.54, 1.807) is 28.9 Å². The minimum Gasteiger partial charge on any atom is -0.508 e. The van der Waals surface area contributed by atoms with E-state index in [-0.39, 0.29) is 5.75 Å². The number of aromatic hydroxyl groups is 1. The maximum Gasteiger partial charge on any atom is 0.327 e. The van der Waals surface area contributed by atoms with Gasteiger partial charge in [0.15, 0.2) is 5.58 Å². The molecule has 5 nitrogen and oxygen atoms in total. The zero-order valence-corrected chi connectivity index (χ0v) is 6.51. The number of rotatable bonds is 0. The van der Waals surface area contributed by atoms with Crippen molar-refractivity contribution in [2.24, 2.45) is 0 Å². The van der Waals surface area contributed by atoms with E-state index in [2.05, 4.69) is 10.2 Å². The van der Waals surface area contributed by atoms with E-state index in [1.807, 2.05) is 0 Å². The molecule has 3 aromatic rings. The van der Waals surface area contributed by atoms with Gasteiger partial charge in [-0.2, -0.15) is 0 Å². The lowest BCUT2D eigenvalue weighted by molar-refractivity contribution is 0.475. The van der Waals surface area contributed by atoms with Crippen molar-refractivity contribution in [3.63, 3.8) is 0 Å². The highest BCUT2D eigenvalue weighted by atomic mass is 16.4. The zero-order chi connectivity index (χ0) is 8.84. The van der Waals surface area contributed by atoms with Crippen molar-refractivity contribution in [2.45, 2.75) is 0 Å². The topological polar surface area (TPSA) is 63.6 Å². The normalized spacial score (nSPS) is 11.4. The van der Waals surface area contributed by atoms with E-state index >= 15 is 0 Å². The Kier molecular flexibility index (Phi) is 0.999. The maximum atomic E-state index is 9.19. The highest BCUT2D eigenvalue weighted by molar-refractivity contribution is 5.77. The summed E-state index contributed by atoms with van der Waals surface area (Å²) in [6.45, 7) is 0. The van der Waals surface area contributed by atoms with E-state index in [4.69, 9.17) is 4.42 Å². The molecule has 0 unspecified atom stereocenters. The number of hydrogen-bond donors (Lipinski definition) is 1. The summed E-state index contributed by atoms with van der Waals surface area (Å²) in [6.07, 6.45) is 1.57. The van der Waals surface area contributed by atoms with Gasteiger partial charge in [-0.1, -0.05) is 5.10 Å². The van der Waals surface area contributed by atoms with Gasteiger partial charge in [0, 0.05) is 6.07 Å². The molecule has 0 bridgehead atoms. The van der Waals surface area contributed by atoms with Crippen LogP contribution in [-0.2, 0) is 0 Å². The predicted molar refractivity (Wildman–Crippen MR) is 44.4 cm³/mol. The molecule has 1 N–H and O–H groups in total. The molecular weight excluding hydrogens is 170 g/mol. The second kappa shape index (κ2) is 2.01. The van der Waals surface area contributed by atoms with Gasteiger partial charge in [0.2, 0.25) is 0 Å². The van der Waals surface area contributed by atoms with Crippen LogP contribution in [0.25, 0.3) is 16.9 Å². The molecule has 5 heteroatoms. The van der Waals surface area contributed by atoms with Crippen LogP contribution in [-0.4, -0.2) is 19.7 Å². The molecule has 0 aliphatic carbocycles. The number of benzene rings is 1. The quantitative estimate of drug-likeness (QED) is 0.557. The Morgan fingerprint density at radius 2 is 2.31 bits per heavy atom. The third-order valence-corrected chi connectivity index (χ3v) is 1.92. The van der Waals surface area contributed by atoms with E-state index < -0.39 is 0 Å². The summed E-state index contributed by atoms with van der Waals surface area (Å²) < 4.78 is 7.02.